The van der Waals surface area contributed by atoms with E-state index in [1.807, 2.05) is 13.0 Å². The Kier molecular flexibility index (Phi) is 5.43. The standard InChI is InChI=1S/C24H27F3N4O/c1-14-29-21(15-4-6-18(7-5-15)24(25,26)27)11-22(30-14)20-13-31-9-8-17(20)10-19(31)12-28-23(32)16-2-3-16/h4-7,11,16-17,19-20H,2-3,8-10,12-13H2,1H3,(H,28,32). The molecular weight excluding hydrogens is 417 g/mol. The van der Waals surface area contributed by atoms with Crippen LogP contribution in [0.5, 0.6) is 0 Å². The van der Waals surface area contributed by atoms with E-state index in [-0.39, 0.29) is 17.7 Å². The summed E-state index contributed by atoms with van der Waals surface area (Å²) in [5.74, 6) is 1.80. The van der Waals surface area contributed by atoms with E-state index in [1.54, 1.807) is 0 Å². The van der Waals surface area contributed by atoms with Crippen molar-refractivity contribution >= 4 is 5.91 Å². The van der Waals surface area contributed by atoms with Gasteiger partial charge >= 0.3 is 6.18 Å². The van der Waals surface area contributed by atoms with Gasteiger partial charge in [0.1, 0.15) is 5.82 Å². The molecule has 4 atom stereocenters. The van der Waals surface area contributed by atoms with E-state index in [2.05, 4.69) is 15.2 Å². The second-order valence-corrected chi connectivity index (χ2v) is 9.36. The van der Waals surface area contributed by atoms with E-state index in [1.165, 1.54) is 12.1 Å². The topological polar surface area (TPSA) is 58.1 Å². The molecule has 0 spiro atoms. The van der Waals surface area contributed by atoms with Crippen LogP contribution in [0, 0.1) is 18.8 Å². The number of aromatic nitrogens is 2. The van der Waals surface area contributed by atoms with E-state index in [9.17, 15) is 18.0 Å². The van der Waals surface area contributed by atoms with E-state index in [0.717, 1.165) is 56.6 Å². The van der Waals surface area contributed by atoms with Crippen LogP contribution in [-0.4, -0.2) is 46.5 Å². The third kappa shape index (κ3) is 4.37. The van der Waals surface area contributed by atoms with Gasteiger partial charge in [0, 0.05) is 42.2 Å². The fourth-order valence-corrected chi connectivity index (χ4v) is 5.15. The Hall–Kier alpha value is -2.48. The lowest BCUT2D eigenvalue weighted by Crippen LogP contribution is -2.56. The van der Waals surface area contributed by atoms with E-state index in [4.69, 9.17) is 4.98 Å². The molecule has 2 aromatic rings. The zero-order chi connectivity index (χ0) is 22.5. The minimum Gasteiger partial charge on any atom is -0.354 e. The van der Waals surface area contributed by atoms with Crippen LogP contribution in [-0.2, 0) is 11.0 Å². The quantitative estimate of drug-likeness (QED) is 0.752. The van der Waals surface area contributed by atoms with Crippen molar-refractivity contribution in [2.24, 2.45) is 11.8 Å². The summed E-state index contributed by atoms with van der Waals surface area (Å²) in [6.07, 6.45) is -0.209. The van der Waals surface area contributed by atoms with Crippen molar-refractivity contribution in [2.75, 3.05) is 19.6 Å². The number of carbonyl (C=O) groups is 1. The summed E-state index contributed by atoms with van der Waals surface area (Å²) < 4.78 is 38.7. The average Bonchev–Trinajstić information content (AvgIpc) is 3.62. The molecule has 1 aromatic carbocycles. The Balaban J connectivity index is 1.31. The van der Waals surface area contributed by atoms with E-state index < -0.39 is 11.7 Å². The van der Waals surface area contributed by atoms with Crippen LogP contribution in [0.1, 0.15) is 48.7 Å². The molecule has 6 rings (SSSR count). The summed E-state index contributed by atoms with van der Waals surface area (Å²) in [5, 5.41) is 3.12. The molecule has 32 heavy (non-hydrogen) atoms. The number of piperidine rings is 3. The second-order valence-electron chi connectivity index (χ2n) is 9.36. The van der Waals surface area contributed by atoms with Gasteiger partial charge in [-0.15, -0.1) is 0 Å². The second kappa shape index (κ2) is 8.14. The molecule has 2 bridgehead atoms. The zero-order valence-corrected chi connectivity index (χ0v) is 18.0. The Morgan fingerprint density at radius 3 is 2.53 bits per heavy atom. The van der Waals surface area contributed by atoms with Gasteiger partial charge < -0.3 is 5.32 Å². The normalized spacial score (nSPS) is 27.4. The molecule has 3 aliphatic heterocycles. The number of nitrogens with zero attached hydrogens (tertiary/aromatic N) is 3. The molecule has 1 aromatic heterocycles. The van der Waals surface area contributed by atoms with Gasteiger partial charge in [-0.1, -0.05) is 12.1 Å². The van der Waals surface area contributed by atoms with Crippen LogP contribution in [0.25, 0.3) is 11.3 Å². The van der Waals surface area contributed by atoms with Crippen LogP contribution >= 0.6 is 0 Å². The maximum Gasteiger partial charge on any atom is 0.416 e. The molecule has 5 nitrogen and oxygen atoms in total. The van der Waals surface area contributed by atoms with Crippen LogP contribution < -0.4 is 5.32 Å². The molecular formula is C24H27F3N4O. The molecule has 1 N–H and O–H groups in total. The summed E-state index contributed by atoms with van der Waals surface area (Å²) in [4.78, 5) is 23.7. The number of amides is 1. The highest BCUT2D eigenvalue weighted by atomic mass is 19.4. The summed E-state index contributed by atoms with van der Waals surface area (Å²) >= 11 is 0. The number of hydrogen-bond donors (Lipinski definition) is 1. The number of halogens is 3. The molecule has 1 aliphatic carbocycles. The third-order valence-corrected chi connectivity index (χ3v) is 7.08. The number of rotatable bonds is 5. The largest absolute Gasteiger partial charge is 0.416 e. The smallest absolute Gasteiger partial charge is 0.354 e. The minimum absolute atomic E-state index is 0.191. The monoisotopic (exact) mass is 444 g/mol. The van der Waals surface area contributed by atoms with Crippen LogP contribution in [0.15, 0.2) is 30.3 Å². The first-order valence-corrected chi connectivity index (χ1v) is 11.3. The van der Waals surface area contributed by atoms with Crippen LogP contribution in [0.3, 0.4) is 0 Å². The molecule has 3 saturated heterocycles. The molecule has 0 radical (unpaired) electrons. The Bertz CT molecular complexity index is 1000. The predicted octanol–water partition coefficient (Wildman–Crippen LogP) is 4.17. The first-order valence-electron chi connectivity index (χ1n) is 11.3. The Morgan fingerprint density at radius 1 is 1.16 bits per heavy atom. The number of nitrogens with one attached hydrogen (secondary N) is 1. The van der Waals surface area contributed by atoms with Crippen molar-refractivity contribution in [2.45, 2.75) is 50.7 Å². The van der Waals surface area contributed by atoms with Gasteiger partial charge in [0.05, 0.1) is 11.3 Å². The lowest BCUT2D eigenvalue weighted by molar-refractivity contribution is -0.137. The number of fused-ring (bicyclic) bond motifs is 3. The first-order chi connectivity index (χ1) is 15.3. The third-order valence-electron chi connectivity index (χ3n) is 7.08. The van der Waals surface area contributed by atoms with Crippen molar-refractivity contribution in [3.63, 3.8) is 0 Å². The van der Waals surface area contributed by atoms with Crippen LogP contribution in [0.2, 0.25) is 0 Å². The Labute approximate surface area is 185 Å². The number of alkyl halides is 3. The average molecular weight is 445 g/mol. The Morgan fingerprint density at radius 2 is 1.91 bits per heavy atom. The molecule has 8 heteroatoms. The van der Waals surface area contributed by atoms with Gasteiger partial charge in [0.15, 0.2) is 0 Å². The lowest BCUT2D eigenvalue weighted by atomic mass is 9.74. The maximum absolute atomic E-state index is 12.9. The van der Waals surface area contributed by atoms with Gasteiger partial charge in [-0.2, -0.15) is 13.2 Å². The van der Waals surface area contributed by atoms with Crippen molar-refractivity contribution in [1.29, 1.82) is 0 Å². The van der Waals surface area contributed by atoms with Crippen molar-refractivity contribution in [3.05, 3.63) is 47.4 Å². The van der Waals surface area contributed by atoms with Crippen molar-refractivity contribution in [1.82, 2.24) is 20.2 Å². The molecule has 4 unspecified atom stereocenters. The highest BCUT2D eigenvalue weighted by Crippen LogP contribution is 2.42. The van der Waals surface area contributed by atoms with Gasteiger partial charge in [-0.3, -0.25) is 9.69 Å². The maximum atomic E-state index is 12.9. The number of hydrogen-bond acceptors (Lipinski definition) is 4. The number of carbonyl (C=O) groups excluding carboxylic acids is 1. The summed E-state index contributed by atoms with van der Waals surface area (Å²) in [7, 11) is 0. The van der Waals surface area contributed by atoms with Crippen LogP contribution in [0.4, 0.5) is 13.2 Å². The molecule has 4 aliphatic rings. The van der Waals surface area contributed by atoms with E-state index >= 15 is 0 Å². The van der Waals surface area contributed by atoms with Gasteiger partial charge in [-0.25, -0.2) is 9.97 Å². The molecule has 4 fully saturated rings. The summed E-state index contributed by atoms with van der Waals surface area (Å²) in [6.45, 7) is 4.45. The van der Waals surface area contributed by atoms with Crippen molar-refractivity contribution in [3.8, 4) is 11.3 Å². The highest BCUT2D eigenvalue weighted by molar-refractivity contribution is 5.80. The lowest BCUT2D eigenvalue weighted by Gasteiger charge is -2.49. The molecule has 4 heterocycles. The highest BCUT2D eigenvalue weighted by Gasteiger charge is 2.42. The fourth-order valence-electron chi connectivity index (χ4n) is 5.15. The van der Waals surface area contributed by atoms with Gasteiger partial charge in [0.25, 0.3) is 0 Å². The zero-order valence-electron chi connectivity index (χ0n) is 18.0. The molecule has 170 valence electrons. The fraction of sp³-hybridized carbons (Fsp3) is 0.542. The molecule has 1 amide bonds. The SMILES string of the molecule is Cc1nc(-c2ccc(C(F)(F)F)cc2)cc(C2CN3CCC2CC3CNC(=O)C2CC2)n1. The van der Waals surface area contributed by atoms with Crippen molar-refractivity contribution < 1.29 is 18.0 Å². The first kappa shape index (κ1) is 21.4. The van der Waals surface area contributed by atoms with Gasteiger partial charge in [-0.05, 0) is 63.3 Å². The number of benzene rings is 1. The summed E-state index contributed by atoms with van der Waals surface area (Å²) in [5.41, 5.74) is 1.62. The van der Waals surface area contributed by atoms with Gasteiger partial charge in [0.2, 0.25) is 5.91 Å². The minimum atomic E-state index is -4.35. The van der Waals surface area contributed by atoms with E-state index in [0.29, 0.717) is 35.6 Å². The molecule has 1 saturated carbocycles. The number of aryl methyl sites for hydroxylation is 1. The predicted molar refractivity (Wildman–Crippen MR) is 114 cm³/mol. The summed E-state index contributed by atoms with van der Waals surface area (Å²) in [6, 6.07) is 7.45.